The molecule has 1 N–H and O–H groups in total. The zero-order valence-corrected chi connectivity index (χ0v) is 15.7. The summed E-state index contributed by atoms with van der Waals surface area (Å²) in [5.74, 6) is 2.56. The highest BCUT2D eigenvalue weighted by Gasteiger charge is 2.21. The summed E-state index contributed by atoms with van der Waals surface area (Å²) in [6.45, 7) is 6.49. The van der Waals surface area contributed by atoms with E-state index in [-0.39, 0.29) is 5.91 Å². The molecule has 0 radical (unpaired) electrons. The van der Waals surface area contributed by atoms with E-state index in [2.05, 4.69) is 27.2 Å². The molecule has 144 valence electrons. The molecular formula is C22H23N3O3. The molecule has 3 aromatic rings. The van der Waals surface area contributed by atoms with Crippen molar-refractivity contribution in [3.05, 3.63) is 71.2 Å². The lowest BCUT2D eigenvalue weighted by atomic mass is 10.1. The molecule has 0 unspecified atom stereocenters. The Morgan fingerprint density at radius 2 is 1.75 bits per heavy atom. The Hall–Kier alpha value is -2.83. The molecule has 4 heterocycles. The first-order chi connectivity index (χ1) is 13.7. The van der Waals surface area contributed by atoms with Crippen molar-refractivity contribution < 1.29 is 13.6 Å². The van der Waals surface area contributed by atoms with Gasteiger partial charge in [0.05, 0.1) is 12.8 Å². The molecule has 0 bridgehead atoms. The number of hydrogen-bond acceptors (Lipinski definition) is 5. The second-order valence-electron chi connectivity index (χ2n) is 7.47. The summed E-state index contributed by atoms with van der Waals surface area (Å²) in [7, 11) is 0. The van der Waals surface area contributed by atoms with Gasteiger partial charge >= 0.3 is 0 Å². The van der Waals surface area contributed by atoms with E-state index in [0.717, 1.165) is 67.7 Å². The van der Waals surface area contributed by atoms with Crippen LogP contribution in [0.4, 0.5) is 0 Å². The van der Waals surface area contributed by atoms with E-state index in [0.29, 0.717) is 6.54 Å². The van der Waals surface area contributed by atoms with Gasteiger partial charge in [-0.1, -0.05) is 12.1 Å². The molecule has 2 aliphatic heterocycles. The van der Waals surface area contributed by atoms with Crippen molar-refractivity contribution in [1.82, 2.24) is 15.1 Å². The van der Waals surface area contributed by atoms with E-state index in [1.807, 2.05) is 30.3 Å². The number of carbonyl (C=O) groups excluding carboxylic acids is 1. The number of fused-ring (bicyclic) bond motifs is 1. The van der Waals surface area contributed by atoms with Crippen molar-refractivity contribution in [2.75, 3.05) is 26.2 Å². The van der Waals surface area contributed by atoms with Gasteiger partial charge in [0.15, 0.2) is 11.5 Å². The Morgan fingerprint density at radius 1 is 0.929 bits per heavy atom. The largest absolute Gasteiger partial charge is 0.461 e. The topological polar surface area (TPSA) is 61.9 Å². The van der Waals surface area contributed by atoms with Gasteiger partial charge in [-0.05, 0) is 41.5 Å². The van der Waals surface area contributed by atoms with Crippen LogP contribution < -0.4 is 5.32 Å². The van der Waals surface area contributed by atoms with Crippen LogP contribution in [0.15, 0.2) is 57.6 Å². The van der Waals surface area contributed by atoms with Gasteiger partial charge in [-0.25, -0.2) is 0 Å². The third kappa shape index (κ3) is 3.48. The lowest BCUT2D eigenvalue weighted by Crippen LogP contribution is -2.45. The summed E-state index contributed by atoms with van der Waals surface area (Å²) < 4.78 is 11.3. The fourth-order valence-corrected chi connectivity index (χ4v) is 3.98. The van der Waals surface area contributed by atoms with Crippen molar-refractivity contribution in [1.29, 1.82) is 0 Å². The molecule has 1 fully saturated rings. The van der Waals surface area contributed by atoms with Crippen molar-refractivity contribution in [3.8, 4) is 11.5 Å². The predicted molar refractivity (Wildman–Crippen MR) is 105 cm³/mol. The zero-order chi connectivity index (χ0) is 18.9. The molecule has 0 spiro atoms. The monoisotopic (exact) mass is 377 g/mol. The molecule has 0 aliphatic carbocycles. The maximum Gasteiger partial charge on any atom is 0.251 e. The highest BCUT2D eigenvalue weighted by molar-refractivity contribution is 5.98. The zero-order valence-electron chi connectivity index (χ0n) is 15.7. The number of furan rings is 2. The number of nitrogens with one attached hydrogen (secondary N) is 1. The summed E-state index contributed by atoms with van der Waals surface area (Å²) in [6, 6.07) is 14.0. The van der Waals surface area contributed by atoms with E-state index in [1.54, 1.807) is 6.26 Å². The molecular weight excluding hydrogens is 354 g/mol. The first-order valence-electron chi connectivity index (χ1n) is 9.72. The van der Waals surface area contributed by atoms with Crippen LogP contribution >= 0.6 is 0 Å². The SMILES string of the molecule is O=C1NCc2cc(CN3CCN(Cc4ccc(-c5ccco5)o4)CC3)ccc21. The molecule has 0 saturated carbocycles. The fourth-order valence-electron chi connectivity index (χ4n) is 3.98. The summed E-state index contributed by atoms with van der Waals surface area (Å²) in [5.41, 5.74) is 3.21. The smallest absolute Gasteiger partial charge is 0.251 e. The first-order valence-corrected chi connectivity index (χ1v) is 9.72. The molecule has 28 heavy (non-hydrogen) atoms. The second kappa shape index (κ2) is 7.30. The van der Waals surface area contributed by atoms with Crippen LogP contribution in [-0.4, -0.2) is 41.9 Å². The van der Waals surface area contributed by atoms with Gasteiger partial charge in [-0.15, -0.1) is 0 Å². The maximum atomic E-state index is 11.7. The summed E-state index contributed by atoms with van der Waals surface area (Å²) in [4.78, 5) is 16.6. The Bertz CT molecular complexity index is 969. The molecule has 1 saturated heterocycles. The molecule has 6 heteroatoms. The van der Waals surface area contributed by atoms with E-state index < -0.39 is 0 Å². The van der Waals surface area contributed by atoms with Crippen LogP contribution in [-0.2, 0) is 19.6 Å². The molecule has 2 aliphatic rings. The van der Waals surface area contributed by atoms with Crippen molar-refractivity contribution in [2.24, 2.45) is 0 Å². The van der Waals surface area contributed by atoms with Crippen LogP contribution in [0.3, 0.4) is 0 Å². The van der Waals surface area contributed by atoms with Gasteiger partial charge in [-0.3, -0.25) is 14.6 Å². The lowest BCUT2D eigenvalue weighted by Gasteiger charge is -2.34. The first kappa shape index (κ1) is 17.3. The quantitative estimate of drug-likeness (QED) is 0.740. The van der Waals surface area contributed by atoms with Gasteiger partial charge in [0.2, 0.25) is 0 Å². The van der Waals surface area contributed by atoms with E-state index in [9.17, 15) is 4.79 Å². The molecule has 6 nitrogen and oxygen atoms in total. The minimum absolute atomic E-state index is 0.0447. The van der Waals surface area contributed by atoms with Gasteiger partial charge in [-0.2, -0.15) is 0 Å². The highest BCUT2D eigenvalue weighted by atomic mass is 16.4. The minimum Gasteiger partial charge on any atom is -0.461 e. The normalized spacial score (nSPS) is 17.6. The van der Waals surface area contributed by atoms with Gasteiger partial charge in [0, 0.05) is 44.8 Å². The Kier molecular flexibility index (Phi) is 4.50. The Balaban J connectivity index is 1.14. The number of rotatable bonds is 5. The number of benzene rings is 1. The second-order valence-corrected chi connectivity index (χ2v) is 7.47. The summed E-state index contributed by atoms with van der Waals surface area (Å²) >= 11 is 0. The van der Waals surface area contributed by atoms with Gasteiger partial charge in [0.25, 0.3) is 5.91 Å². The summed E-state index contributed by atoms with van der Waals surface area (Å²) in [6.07, 6.45) is 1.66. The summed E-state index contributed by atoms with van der Waals surface area (Å²) in [5, 5.41) is 2.88. The number of hydrogen-bond donors (Lipinski definition) is 1. The van der Waals surface area contributed by atoms with Crippen molar-refractivity contribution in [2.45, 2.75) is 19.6 Å². The van der Waals surface area contributed by atoms with Crippen LogP contribution in [0.25, 0.3) is 11.5 Å². The number of piperazine rings is 1. The maximum absolute atomic E-state index is 11.7. The van der Waals surface area contributed by atoms with Crippen LogP contribution in [0.2, 0.25) is 0 Å². The average molecular weight is 377 g/mol. The molecule has 1 aromatic carbocycles. The number of nitrogens with zero attached hydrogens (tertiary/aromatic N) is 2. The third-order valence-corrected chi connectivity index (χ3v) is 5.53. The molecule has 0 atom stereocenters. The lowest BCUT2D eigenvalue weighted by molar-refractivity contribution is 0.0965. The van der Waals surface area contributed by atoms with E-state index in [4.69, 9.17) is 8.83 Å². The minimum atomic E-state index is 0.0447. The average Bonchev–Trinajstić information content (AvgIpc) is 3.45. The highest BCUT2D eigenvalue weighted by Crippen LogP contribution is 2.24. The van der Waals surface area contributed by atoms with Crippen molar-refractivity contribution >= 4 is 5.91 Å². The van der Waals surface area contributed by atoms with Crippen molar-refractivity contribution in [3.63, 3.8) is 0 Å². The molecule has 1 amide bonds. The van der Waals surface area contributed by atoms with Crippen LogP contribution in [0, 0.1) is 0 Å². The van der Waals surface area contributed by atoms with Crippen LogP contribution in [0.5, 0.6) is 0 Å². The Morgan fingerprint density at radius 3 is 2.54 bits per heavy atom. The molecule has 2 aromatic heterocycles. The standard InChI is InChI=1S/C22H23N3O3/c26-22-19-5-3-16(12-17(19)13-23-22)14-24-7-9-25(10-8-24)15-18-4-6-21(28-18)20-2-1-11-27-20/h1-6,11-12H,7-10,13-15H2,(H,23,26). The van der Waals surface area contributed by atoms with Gasteiger partial charge in [0.1, 0.15) is 5.76 Å². The Labute approximate surface area is 163 Å². The van der Waals surface area contributed by atoms with Crippen LogP contribution in [0.1, 0.15) is 27.2 Å². The number of carbonyl (C=O) groups is 1. The van der Waals surface area contributed by atoms with E-state index >= 15 is 0 Å². The third-order valence-electron chi connectivity index (χ3n) is 5.53. The fraction of sp³-hybridized carbons (Fsp3) is 0.318. The predicted octanol–water partition coefficient (Wildman–Crippen LogP) is 3.10. The van der Waals surface area contributed by atoms with Gasteiger partial charge < -0.3 is 14.2 Å². The molecule has 5 rings (SSSR count). The number of amides is 1. The van der Waals surface area contributed by atoms with E-state index in [1.165, 1.54) is 5.56 Å².